The van der Waals surface area contributed by atoms with E-state index < -0.39 is 12.0 Å². The van der Waals surface area contributed by atoms with E-state index in [0.717, 1.165) is 21.9 Å². The van der Waals surface area contributed by atoms with E-state index in [1.54, 1.807) is 24.8 Å². The Labute approximate surface area is 166 Å². The predicted octanol–water partition coefficient (Wildman–Crippen LogP) is 5.70. The van der Waals surface area contributed by atoms with Crippen LogP contribution < -0.4 is 0 Å². The van der Waals surface area contributed by atoms with Gasteiger partial charge in [0.1, 0.15) is 0 Å². The SMILES string of the molecule is C=C/C=C(\C=C/C)Cn1c(C)c(C(N=O)C(=O)OCC)c(C(C)C)c1SC. The van der Waals surface area contributed by atoms with E-state index in [2.05, 4.69) is 30.2 Å². The molecule has 1 unspecified atom stereocenters. The normalized spacial score (nSPS) is 13.2. The lowest BCUT2D eigenvalue weighted by Crippen LogP contribution is -2.16. The summed E-state index contributed by atoms with van der Waals surface area (Å²) in [5.74, 6) is -0.466. The first-order chi connectivity index (χ1) is 12.9. The summed E-state index contributed by atoms with van der Waals surface area (Å²) in [7, 11) is 0. The van der Waals surface area contributed by atoms with Crippen molar-refractivity contribution < 1.29 is 9.53 Å². The summed E-state index contributed by atoms with van der Waals surface area (Å²) < 4.78 is 7.24. The summed E-state index contributed by atoms with van der Waals surface area (Å²) in [6.07, 6.45) is 9.72. The van der Waals surface area contributed by atoms with Crippen LogP contribution in [0.1, 0.15) is 56.5 Å². The highest BCUT2D eigenvalue weighted by atomic mass is 32.2. The fourth-order valence-corrected chi connectivity index (χ4v) is 4.20. The van der Waals surface area contributed by atoms with E-state index in [-0.39, 0.29) is 12.5 Å². The second-order valence-electron chi connectivity index (χ2n) is 6.40. The van der Waals surface area contributed by atoms with Gasteiger partial charge in [-0.2, -0.15) is 0 Å². The number of rotatable bonds is 10. The lowest BCUT2D eigenvalue weighted by molar-refractivity contribution is -0.144. The maximum Gasteiger partial charge on any atom is 0.339 e. The highest BCUT2D eigenvalue weighted by Crippen LogP contribution is 2.40. The first kappa shape index (κ1) is 23.0. The highest BCUT2D eigenvalue weighted by molar-refractivity contribution is 7.98. The first-order valence-corrected chi connectivity index (χ1v) is 10.3. The summed E-state index contributed by atoms with van der Waals surface area (Å²) in [5.41, 5.74) is 3.59. The zero-order valence-electron chi connectivity index (χ0n) is 17.1. The number of hydrogen-bond acceptors (Lipinski definition) is 5. The lowest BCUT2D eigenvalue weighted by atomic mass is 9.95. The number of esters is 1. The fraction of sp³-hybridized carbons (Fsp3) is 0.476. The molecule has 1 heterocycles. The third-order valence-electron chi connectivity index (χ3n) is 4.27. The molecule has 1 rings (SSSR count). The number of nitrogens with zero attached hydrogens (tertiary/aromatic N) is 2. The van der Waals surface area contributed by atoms with Crippen molar-refractivity contribution in [3.63, 3.8) is 0 Å². The van der Waals surface area contributed by atoms with Gasteiger partial charge < -0.3 is 9.30 Å². The molecule has 0 spiro atoms. The van der Waals surface area contributed by atoms with Crippen molar-refractivity contribution in [3.8, 4) is 0 Å². The van der Waals surface area contributed by atoms with Crippen molar-refractivity contribution in [2.45, 2.75) is 58.1 Å². The largest absolute Gasteiger partial charge is 0.464 e. The molecular formula is C21H30N2O3S. The van der Waals surface area contributed by atoms with Gasteiger partial charge in [-0.3, -0.25) is 0 Å². The van der Waals surface area contributed by atoms with Crippen molar-refractivity contribution in [2.75, 3.05) is 12.9 Å². The number of aromatic nitrogens is 1. The van der Waals surface area contributed by atoms with Gasteiger partial charge in [0.15, 0.2) is 0 Å². The molecule has 27 heavy (non-hydrogen) atoms. The van der Waals surface area contributed by atoms with Gasteiger partial charge in [-0.25, -0.2) is 4.79 Å². The molecule has 0 aliphatic carbocycles. The number of hydrogen-bond donors (Lipinski definition) is 0. The van der Waals surface area contributed by atoms with Gasteiger partial charge in [-0.15, -0.1) is 16.7 Å². The zero-order chi connectivity index (χ0) is 20.6. The van der Waals surface area contributed by atoms with E-state index in [1.807, 2.05) is 38.3 Å². The minimum Gasteiger partial charge on any atom is -0.464 e. The summed E-state index contributed by atoms with van der Waals surface area (Å²) >= 11 is 1.61. The van der Waals surface area contributed by atoms with E-state index in [1.165, 1.54) is 0 Å². The summed E-state index contributed by atoms with van der Waals surface area (Å²) in [6.45, 7) is 14.3. The Balaban J connectivity index is 3.67. The lowest BCUT2D eigenvalue weighted by Gasteiger charge is -2.14. The van der Waals surface area contributed by atoms with Crippen molar-refractivity contribution in [1.29, 1.82) is 0 Å². The van der Waals surface area contributed by atoms with E-state index in [0.29, 0.717) is 12.1 Å². The van der Waals surface area contributed by atoms with Crippen LogP contribution in [0.5, 0.6) is 0 Å². The number of ether oxygens (including phenoxy) is 1. The Bertz CT molecular complexity index is 745. The van der Waals surface area contributed by atoms with Crippen LogP contribution in [0.2, 0.25) is 0 Å². The molecule has 0 radical (unpaired) electrons. The number of carbonyl (C=O) groups excluding carboxylic acids is 1. The number of carbonyl (C=O) groups is 1. The Morgan fingerprint density at radius 2 is 2.04 bits per heavy atom. The monoisotopic (exact) mass is 390 g/mol. The molecular weight excluding hydrogens is 360 g/mol. The summed E-state index contributed by atoms with van der Waals surface area (Å²) in [4.78, 5) is 24.0. The van der Waals surface area contributed by atoms with E-state index in [4.69, 9.17) is 4.74 Å². The van der Waals surface area contributed by atoms with Crippen LogP contribution in [0.15, 0.2) is 46.7 Å². The Morgan fingerprint density at radius 1 is 1.37 bits per heavy atom. The molecule has 0 bridgehead atoms. The van der Waals surface area contributed by atoms with Crippen LogP contribution in [0, 0.1) is 11.8 Å². The predicted molar refractivity (Wildman–Crippen MR) is 113 cm³/mol. The molecule has 0 fully saturated rings. The number of thioether (sulfide) groups is 1. The third kappa shape index (κ3) is 5.22. The first-order valence-electron chi connectivity index (χ1n) is 9.07. The molecule has 6 heteroatoms. The van der Waals surface area contributed by atoms with Gasteiger partial charge in [0.05, 0.1) is 11.6 Å². The number of nitroso groups, excluding NO2 is 1. The second kappa shape index (κ2) is 10.9. The van der Waals surface area contributed by atoms with Crippen molar-refractivity contribution in [3.05, 3.63) is 58.2 Å². The quantitative estimate of drug-likeness (QED) is 0.222. The molecule has 1 aromatic rings. The average Bonchev–Trinajstić information content (AvgIpc) is 2.89. The molecule has 0 amide bonds. The van der Waals surface area contributed by atoms with E-state index >= 15 is 0 Å². The van der Waals surface area contributed by atoms with Crippen LogP contribution in [0.25, 0.3) is 0 Å². The maximum atomic E-state index is 12.4. The molecule has 0 aliphatic heterocycles. The third-order valence-corrected chi connectivity index (χ3v) is 5.10. The van der Waals surface area contributed by atoms with Crippen molar-refractivity contribution in [2.24, 2.45) is 5.18 Å². The standard InChI is InChI=1S/C21H30N2O3S/c1-8-11-16(12-9-2)13-23-15(6)18(17(14(4)5)20(23)27-7)19(22-25)21(24)26-10-3/h8-9,11-12,14,19H,1,10,13H2,2-7H3/b12-9-,16-11+. The molecule has 1 atom stereocenters. The van der Waals surface area contributed by atoms with Crippen molar-refractivity contribution in [1.82, 2.24) is 4.57 Å². The van der Waals surface area contributed by atoms with E-state index in [9.17, 15) is 9.70 Å². The zero-order valence-corrected chi connectivity index (χ0v) is 17.9. The van der Waals surface area contributed by atoms with Gasteiger partial charge >= 0.3 is 5.97 Å². The highest BCUT2D eigenvalue weighted by Gasteiger charge is 2.33. The van der Waals surface area contributed by atoms with Crippen molar-refractivity contribution >= 4 is 17.7 Å². The molecule has 0 aliphatic rings. The molecule has 0 saturated carbocycles. The van der Waals surface area contributed by atoms with Gasteiger partial charge in [0.2, 0.25) is 6.04 Å². The van der Waals surface area contributed by atoms with Gasteiger partial charge in [0, 0.05) is 17.8 Å². The van der Waals surface area contributed by atoms with Crippen LogP contribution in [0.4, 0.5) is 0 Å². The topological polar surface area (TPSA) is 60.7 Å². The summed E-state index contributed by atoms with van der Waals surface area (Å²) in [5, 5.41) is 4.17. The van der Waals surface area contributed by atoms with Crippen LogP contribution in [-0.4, -0.2) is 23.4 Å². The molecule has 1 aromatic heterocycles. The van der Waals surface area contributed by atoms with Crippen LogP contribution >= 0.6 is 11.8 Å². The Hall–Kier alpha value is -2.08. The minimum absolute atomic E-state index is 0.134. The number of allylic oxidation sites excluding steroid dienone is 5. The molecule has 5 nitrogen and oxygen atoms in total. The fourth-order valence-electron chi connectivity index (χ4n) is 3.21. The van der Waals surface area contributed by atoms with Gasteiger partial charge in [-0.05, 0) is 49.3 Å². The minimum atomic E-state index is -1.15. The maximum absolute atomic E-state index is 12.4. The Kier molecular flexibility index (Phi) is 9.29. The average molecular weight is 391 g/mol. The summed E-state index contributed by atoms with van der Waals surface area (Å²) in [6, 6.07) is -1.15. The molecule has 148 valence electrons. The molecule has 0 N–H and O–H groups in total. The smallest absolute Gasteiger partial charge is 0.339 e. The Morgan fingerprint density at radius 3 is 2.48 bits per heavy atom. The van der Waals surface area contributed by atoms with Crippen LogP contribution in [0.3, 0.4) is 0 Å². The van der Waals surface area contributed by atoms with Gasteiger partial charge in [0.25, 0.3) is 0 Å². The molecule has 0 aromatic carbocycles. The van der Waals surface area contributed by atoms with Gasteiger partial charge in [-0.1, -0.05) is 44.7 Å². The second-order valence-corrected chi connectivity index (χ2v) is 7.20. The molecule has 0 saturated heterocycles. The van der Waals surface area contributed by atoms with Crippen LogP contribution in [-0.2, 0) is 16.1 Å².